The number of hydrogen-bond acceptors (Lipinski definition) is 0. The third-order valence-electron chi connectivity index (χ3n) is 2.11. The topological polar surface area (TPSA) is 0 Å². The molecule has 73 valence electrons. The third kappa shape index (κ3) is 8.10. The Hall–Kier alpha value is 0. The van der Waals surface area contributed by atoms with Gasteiger partial charge in [0.25, 0.3) is 0 Å². The van der Waals surface area contributed by atoms with Gasteiger partial charge in [-0.05, 0) is 23.7 Å². The zero-order chi connectivity index (χ0) is 9.78. The SMILES string of the molecule is [CH2]C(C)CCC(C)CC(C)(C)C. The van der Waals surface area contributed by atoms with Gasteiger partial charge in [-0.15, -0.1) is 0 Å². The van der Waals surface area contributed by atoms with E-state index in [1.165, 1.54) is 19.3 Å². The average molecular weight is 169 g/mol. The molecule has 0 spiro atoms. The van der Waals surface area contributed by atoms with Crippen LogP contribution in [0.25, 0.3) is 0 Å². The summed E-state index contributed by atoms with van der Waals surface area (Å²) in [6, 6.07) is 0. The Morgan fingerprint density at radius 2 is 1.58 bits per heavy atom. The molecule has 2 unspecified atom stereocenters. The van der Waals surface area contributed by atoms with E-state index in [-0.39, 0.29) is 0 Å². The van der Waals surface area contributed by atoms with Crippen molar-refractivity contribution in [3.05, 3.63) is 6.92 Å². The van der Waals surface area contributed by atoms with Crippen LogP contribution in [-0.4, -0.2) is 0 Å². The second-order valence-electron chi connectivity index (χ2n) is 5.55. The maximum Gasteiger partial charge on any atom is -0.0380 e. The Balaban J connectivity index is 3.53. The fourth-order valence-corrected chi connectivity index (χ4v) is 1.72. The minimum absolute atomic E-state index is 0.490. The molecule has 0 bridgehead atoms. The second-order valence-corrected chi connectivity index (χ2v) is 5.55. The van der Waals surface area contributed by atoms with Gasteiger partial charge in [-0.1, -0.05) is 54.4 Å². The third-order valence-corrected chi connectivity index (χ3v) is 2.11. The molecular weight excluding hydrogens is 144 g/mol. The fraction of sp³-hybridized carbons (Fsp3) is 0.917. The number of hydrogen-bond donors (Lipinski definition) is 0. The van der Waals surface area contributed by atoms with Crippen LogP contribution in [0.3, 0.4) is 0 Å². The van der Waals surface area contributed by atoms with Gasteiger partial charge in [-0.2, -0.15) is 0 Å². The molecule has 0 rings (SSSR count). The van der Waals surface area contributed by atoms with Crippen molar-refractivity contribution in [1.29, 1.82) is 0 Å². The van der Waals surface area contributed by atoms with Gasteiger partial charge in [0.2, 0.25) is 0 Å². The summed E-state index contributed by atoms with van der Waals surface area (Å²) < 4.78 is 0. The van der Waals surface area contributed by atoms with Crippen molar-refractivity contribution in [2.75, 3.05) is 0 Å². The zero-order valence-corrected chi connectivity index (χ0v) is 9.48. The van der Waals surface area contributed by atoms with Crippen LogP contribution in [0.15, 0.2) is 0 Å². The van der Waals surface area contributed by atoms with Gasteiger partial charge in [0.1, 0.15) is 0 Å². The molecule has 0 nitrogen and oxygen atoms in total. The van der Waals surface area contributed by atoms with E-state index in [9.17, 15) is 0 Å². The molecule has 1 radical (unpaired) electrons. The molecule has 0 aromatic carbocycles. The van der Waals surface area contributed by atoms with Crippen LogP contribution in [0.4, 0.5) is 0 Å². The molecule has 0 N–H and O–H groups in total. The van der Waals surface area contributed by atoms with E-state index in [1.54, 1.807) is 0 Å². The first-order chi connectivity index (χ1) is 5.31. The Labute approximate surface area is 78.8 Å². The van der Waals surface area contributed by atoms with E-state index in [4.69, 9.17) is 0 Å². The highest BCUT2D eigenvalue weighted by Crippen LogP contribution is 2.27. The molecule has 2 atom stereocenters. The van der Waals surface area contributed by atoms with Crippen LogP contribution in [0.5, 0.6) is 0 Å². The molecular formula is C12H25. The van der Waals surface area contributed by atoms with E-state index < -0.39 is 0 Å². The van der Waals surface area contributed by atoms with Crippen molar-refractivity contribution < 1.29 is 0 Å². The highest BCUT2D eigenvalue weighted by molar-refractivity contribution is 4.67. The molecule has 0 heteroatoms. The van der Waals surface area contributed by atoms with E-state index in [0.717, 1.165) is 5.92 Å². The Kier molecular flexibility index (Phi) is 4.89. The molecule has 0 saturated carbocycles. The minimum atomic E-state index is 0.490. The highest BCUT2D eigenvalue weighted by Gasteiger charge is 2.14. The predicted molar refractivity (Wildman–Crippen MR) is 57.0 cm³/mol. The van der Waals surface area contributed by atoms with Crippen molar-refractivity contribution >= 4 is 0 Å². The maximum absolute atomic E-state index is 4.01. The van der Waals surface area contributed by atoms with Crippen LogP contribution in [0.1, 0.15) is 53.9 Å². The lowest BCUT2D eigenvalue weighted by molar-refractivity contribution is 0.288. The van der Waals surface area contributed by atoms with E-state index in [2.05, 4.69) is 41.5 Å². The predicted octanol–water partition coefficient (Wildman–Crippen LogP) is 4.31. The van der Waals surface area contributed by atoms with Crippen molar-refractivity contribution in [3.8, 4) is 0 Å². The van der Waals surface area contributed by atoms with Gasteiger partial charge >= 0.3 is 0 Å². The van der Waals surface area contributed by atoms with Gasteiger partial charge in [-0.25, -0.2) is 0 Å². The molecule has 0 aliphatic rings. The van der Waals surface area contributed by atoms with Crippen molar-refractivity contribution in [3.63, 3.8) is 0 Å². The summed E-state index contributed by atoms with van der Waals surface area (Å²) in [5.41, 5.74) is 0.490. The molecule has 0 aromatic heterocycles. The molecule has 0 saturated heterocycles. The minimum Gasteiger partial charge on any atom is -0.0625 e. The van der Waals surface area contributed by atoms with Crippen molar-refractivity contribution in [2.45, 2.75) is 53.9 Å². The quantitative estimate of drug-likeness (QED) is 0.588. The van der Waals surface area contributed by atoms with Gasteiger partial charge < -0.3 is 0 Å². The first kappa shape index (κ1) is 12.0. The van der Waals surface area contributed by atoms with Crippen LogP contribution in [-0.2, 0) is 0 Å². The van der Waals surface area contributed by atoms with Crippen LogP contribution in [0.2, 0.25) is 0 Å². The molecule has 0 amide bonds. The van der Waals surface area contributed by atoms with E-state index in [1.807, 2.05) is 0 Å². The summed E-state index contributed by atoms with van der Waals surface area (Å²) in [7, 11) is 0. The Bertz CT molecular complexity index is 106. The first-order valence-electron chi connectivity index (χ1n) is 5.14. The fourth-order valence-electron chi connectivity index (χ4n) is 1.72. The first-order valence-corrected chi connectivity index (χ1v) is 5.14. The molecule has 0 aromatic rings. The summed E-state index contributed by atoms with van der Waals surface area (Å²) in [6.45, 7) is 15.5. The lowest BCUT2D eigenvalue weighted by Gasteiger charge is -2.23. The maximum atomic E-state index is 4.01. The van der Waals surface area contributed by atoms with Crippen molar-refractivity contribution in [1.82, 2.24) is 0 Å². The summed E-state index contributed by atoms with van der Waals surface area (Å²) in [5.74, 6) is 1.47. The smallest absolute Gasteiger partial charge is 0.0380 e. The standard InChI is InChI=1S/C12H25/c1-10(2)7-8-11(3)9-12(4,5)6/h10-11H,1,7-9H2,2-6H3. The van der Waals surface area contributed by atoms with Gasteiger partial charge in [-0.3, -0.25) is 0 Å². The van der Waals surface area contributed by atoms with Crippen molar-refractivity contribution in [2.24, 2.45) is 17.3 Å². The normalized spacial score (nSPS) is 15.2. The Morgan fingerprint density at radius 3 is 1.92 bits per heavy atom. The summed E-state index contributed by atoms with van der Waals surface area (Å²) in [5, 5.41) is 0. The zero-order valence-electron chi connectivity index (χ0n) is 9.48. The highest BCUT2D eigenvalue weighted by atomic mass is 14.2. The lowest BCUT2D eigenvalue weighted by Crippen LogP contribution is -2.11. The van der Waals surface area contributed by atoms with Gasteiger partial charge in [0, 0.05) is 0 Å². The number of rotatable bonds is 4. The molecule has 0 aliphatic carbocycles. The lowest BCUT2D eigenvalue weighted by atomic mass is 9.83. The molecule has 0 heterocycles. The average Bonchev–Trinajstić information content (AvgIpc) is 1.79. The van der Waals surface area contributed by atoms with E-state index >= 15 is 0 Å². The largest absolute Gasteiger partial charge is 0.0625 e. The van der Waals surface area contributed by atoms with Gasteiger partial charge in [0.05, 0.1) is 0 Å². The van der Waals surface area contributed by atoms with Crippen LogP contribution >= 0.6 is 0 Å². The molecule has 0 fully saturated rings. The second kappa shape index (κ2) is 4.89. The van der Waals surface area contributed by atoms with E-state index in [0.29, 0.717) is 11.3 Å². The Morgan fingerprint density at radius 1 is 1.08 bits per heavy atom. The summed E-state index contributed by atoms with van der Waals surface area (Å²) in [4.78, 5) is 0. The summed E-state index contributed by atoms with van der Waals surface area (Å²) >= 11 is 0. The van der Waals surface area contributed by atoms with Gasteiger partial charge in [0.15, 0.2) is 0 Å². The van der Waals surface area contributed by atoms with Crippen LogP contribution < -0.4 is 0 Å². The van der Waals surface area contributed by atoms with Crippen LogP contribution in [0, 0.1) is 24.2 Å². The monoisotopic (exact) mass is 169 g/mol. The molecule has 0 aliphatic heterocycles. The molecule has 12 heavy (non-hydrogen) atoms. The summed E-state index contributed by atoms with van der Waals surface area (Å²) in [6.07, 6.45) is 3.94.